The first kappa shape index (κ1) is 24.3. The van der Waals surface area contributed by atoms with Crippen LogP contribution in [0.2, 0.25) is 0 Å². The zero-order valence-corrected chi connectivity index (χ0v) is 20.5. The molecule has 0 aromatic heterocycles. The third-order valence-electron chi connectivity index (χ3n) is 6.58. The van der Waals surface area contributed by atoms with Crippen LogP contribution in [0, 0.1) is 13.8 Å². The van der Waals surface area contributed by atoms with Crippen molar-refractivity contribution in [1.82, 2.24) is 0 Å². The minimum atomic E-state index is -1.81. The highest BCUT2D eigenvalue weighted by Crippen LogP contribution is 2.66. The lowest BCUT2D eigenvalue weighted by atomic mass is 10.1. The number of carbonyl (C=O) groups excluding carboxylic acids is 2. The molecular weight excluding hydrogens is 421 g/mol. The van der Waals surface area contributed by atoms with Crippen molar-refractivity contribution in [3.63, 3.8) is 0 Å². The maximum atomic E-state index is 13.4. The molecule has 1 aliphatic heterocycles. The summed E-state index contributed by atoms with van der Waals surface area (Å²) in [6.45, 7) is 6.24. The van der Waals surface area contributed by atoms with Gasteiger partial charge in [-0.1, -0.05) is 30.3 Å². The Labute approximate surface area is 192 Å². The molecule has 5 nitrogen and oxygen atoms in total. The zero-order valence-electron chi connectivity index (χ0n) is 19.6. The van der Waals surface area contributed by atoms with E-state index in [0.29, 0.717) is 6.16 Å². The summed E-state index contributed by atoms with van der Waals surface area (Å²) in [6.07, 6.45) is 5.67. The van der Waals surface area contributed by atoms with E-state index in [1.807, 2.05) is 63.2 Å². The minimum absolute atomic E-state index is 0.00691. The fraction of sp³-hybridized carbons (Fsp3) is 0.462. The summed E-state index contributed by atoms with van der Waals surface area (Å²) >= 11 is 0. The number of carbonyl (C=O) groups is 2. The van der Waals surface area contributed by atoms with Crippen molar-refractivity contribution in [3.05, 3.63) is 59.2 Å². The van der Waals surface area contributed by atoms with Crippen LogP contribution in [0.15, 0.2) is 42.5 Å². The second kappa shape index (κ2) is 11.0. The number of benzene rings is 2. The molecule has 1 N–H and O–H groups in total. The van der Waals surface area contributed by atoms with E-state index in [9.17, 15) is 9.59 Å². The fourth-order valence-electron chi connectivity index (χ4n) is 4.58. The topological polar surface area (TPSA) is 64.6 Å². The maximum Gasteiger partial charge on any atom is 0.344 e. The lowest BCUT2D eigenvalue weighted by molar-refractivity contribution is -0.141. The monoisotopic (exact) mass is 456 g/mol. The number of ether oxygens (including phenoxy) is 2. The Hall–Kier alpha value is -2.39. The lowest BCUT2D eigenvalue weighted by Gasteiger charge is -2.34. The number of hydrogen-bond acceptors (Lipinski definition) is 4. The Morgan fingerprint density at radius 2 is 1.66 bits per heavy atom. The van der Waals surface area contributed by atoms with E-state index in [2.05, 4.69) is 5.32 Å². The standard InChI is InChI=1S/C26H34NO4P/c1-19-15-23(30-4)16-20(2)25(19)27-26(29)21(3)32(13-9-6-10-14-32)18-24(28)31-17-22-11-7-5-8-12-22/h5,7-8,11-12,15-16,21H,6,9-10,13-14,17-18H2,1-4H3/p+1. The number of rotatable bonds is 8. The van der Waals surface area contributed by atoms with Crippen LogP contribution in [0.25, 0.3) is 0 Å². The summed E-state index contributed by atoms with van der Waals surface area (Å²) in [7, 11) is -0.167. The van der Waals surface area contributed by atoms with Crippen LogP contribution in [0.4, 0.5) is 5.69 Å². The minimum Gasteiger partial charge on any atom is -0.497 e. The van der Waals surface area contributed by atoms with Gasteiger partial charge in [0.05, 0.1) is 19.4 Å². The molecule has 1 fully saturated rings. The molecule has 32 heavy (non-hydrogen) atoms. The highest BCUT2D eigenvalue weighted by Gasteiger charge is 2.49. The second-order valence-electron chi connectivity index (χ2n) is 8.83. The van der Waals surface area contributed by atoms with Gasteiger partial charge in [0, 0.05) is 12.9 Å². The molecule has 0 saturated carbocycles. The smallest absolute Gasteiger partial charge is 0.344 e. The molecule has 0 radical (unpaired) electrons. The first-order valence-corrected chi connectivity index (χ1v) is 13.8. The molecule has 1 heterocycles. The van der Waals surface area contributed by atoms with Gasteiger partial charge in [0.2, 0.25) is 0 Å². The van der Waals surface area contributed by atoms with E-state index < -0.39 is 7.26 Å². The molecule has 1 aliphatic rings. The molecule has 2 aromatic rings. The number of nitrogens with one attached hydrogen (secondary N) is 1. The largest absolute Gasteiger partial charge is 0.497 e. The molecule has 0 bridgehead atoms. The molecule has 0 aliphatic carbocycles. The molecular formula is C26H35NO4P+. The van der Waals surface area contributed by atoms with Gasteiger partial charge in [0.1, 0.15) is 18.0 Å². The van der Waals surface area contributed by atoms with Crippen LogP contribution in [-0.4, -0.2) is 43.1 Å². The Balaban J connectivity index is 1.71. The predicted octanol–water partition coefficient (Wildman–Crippen LogP) is 5.58. The van der Waals surface area contributed by atoms with Crippen molar-refractivity contribution < 1.29 is 19.1 Å². The van der Waals surface area contributed by atoms with Crippen molar-refractivity contribution in [3.8, 4) is 5.75 Å². The van der Waals surface area contributed by atoms with Gasteiger partial charge in [0.15, 0.2) is 6.16 Å². The number of aryl methyl sites for hydroxylation is 2. The van der Waals surface area contributed by atoms with Crippen molar-refractivity contribution in [2.45, 2.75) is 52.3 Å². The SMILES string of the molecule is COc1cc(C)c(NC(=O)C(C)[P+]2(CC(=O)OCc3ccccc3)CCCCC2)c(C)c1. The highest BCUT2D eigenvalue weighted by atomic mass is 31.2. The number of amides is 1. The number of anilines is 1. The zero-order chi connectivity index (χ0) is 23.1. The molecule has 1 unspecified atom stereocenters. The van der Waals surface area contributed by atoms with E-state index >= 15 is 0 Å². The van der Waals surface area contributed by atoms with Crippen molar-refractivity contribution in [1.29, 1.82) is 0 Å². The summed E-state index contributed by atoms with van der Waals surface area (Å²) in [5, 5.41) is 3.16. The Morgan fingerprint density at radius 1 is 1.03 bits per heavy atom. The Morgan fingerprint density at radius 3 is 2.25 bits per heavy atom. The van der Waals surface area contributed by atoms with Gasteiger partial charge < -0.3 is 14.8 Å². The molecule has 172 valence electrons. The normalized spacial score (nSPS) is 16.1. The van der Waals surface area contributed by atoms with Crippen molar-refractivity contribution >= 4 is 24.8 Å². The average molecular weight is 457 g/mol. The van der Waals surface area contributed by atoms with Crippen LogP contribution in [-0.2, 0) is 20.9 Å². The first-order valence-electron chi connectivity index (χ1n) is 11.4. The lowest BCUT2D eigenvalue weighted by Crippen LogP contribution is -2.35. The van der Waals surface area contributed by atoms with Crippen molar-refractivity contribution in [2.24, 2.45) is 0 Å². The van der Waals surface area contributed by atoms with Gasteiger partial charge >= 0.3 is 5.97 Å². The second-order valence-corrected chi connectivity index (χ2v) is 13.3. The third-order valence-corrected chi connectivity index (χ3v) is 11.8. The predicted molar refractivity (Wildman–Crippen MR) is 132 cm³/mol. The van der Waals surface area contributed by atoms with Crippen LogP contribution in [0.3, 0.4) is 0 Å². The molecule has 1 atom stereocenters. The quantitative estimate of drug-likeness (QED) is 0.416. The van der Waals surface area contributed by atoms with Crippen LogP contribution in [0.1, 0.15) is 42.9 Å². The third kappa shape index (κ3) is 5.89. The van der Waals surface area contributed by atoms with Crippen molar-refractivity contribution in [2.75, 3.05) is 30.9 Å². The molecule has 3 rings (SSSR count). The van der Waals surface area contributed by atoms with Gasteiger partial charge in [-0.05, 0) is 68.9 Å². The Bertz CT molecular complexity index is 915. The summed E-state index contributed by atoms with van der Waals surface area (Å²) in [5.74, 6) is 0.608. The molecule has 1 saturated heterocycles. The molecule has 2 aromatic carbocycles. The maximum absolute atomic E-state index is 13.4. The van der Waals surface area contributed by atoms with E-state index in [1.165, 1.54) is 6.42 Å². The van der Waals surface area contributed by atoms with E-state index in [4.69, 9.17) is 9.47 Å². The summed E-state index contributed by atoms with van der Waals surface area (Å²) in [6, 6.07) is 13.6. The van der Waals surface area contributed by atoms with Crippen LogP contribution < -0.4 is 10.1 Å². The van der Waals surface area contributed by atoms with Gasteiger partial charge in [-0.15, -0.1) is 0 Å². The van der Waals surface area contributed by atoms with Crippen LogP contribution >= 0.6 is 7.26 Å². The van der Waals surface area contributed by atoms with Gasteiger partial charge in [-0.2, -0.15) is 0 Å². The van der Waals surface area contributed by atoms with Crippen LogP contribution in [0.5, 0.6) is 5.75 Å². The number of methoxy groups -OCH3 is 1. The first-order chi connectivity index (χ1) is 15.3. The Kier molecular flexibility index (Phi) is 8.31. The summed E-state index contributed by atoms with van der Waals surface area (Å²) < 4.78 is 10.9. The summed E-state index contributed by atoms with van der Waals surface area (Å²) in [5.41, 5.74) is 3.58. The number of hydrogen-bond donors (Lipinski definition) is 1. The average Bonchev–Trinajstić information content (AvgIpc) is 2.80. The van der Waals surface area contributed by atoms with Gasteiger partial charge in [-0.3, -0.25) is 4.79 Å². The molecule has 6 heteroatoms. The van der Waals surface area contributed by atoms with E-state index in [-0.39, 0.29) is 24.1 Å². The van der Waals surface area contributed by atoms with E-state index in [1.54, 1.807) is 7.11 Å². The van der Waals surface area contributed by atoms with E-state index in [0.717, 1.165) is 53.3 Å². The molecule has 0 spiro atoms. The highest BCUT2D eigenvalue weighted by molar-refractivity contribution is 7.78. The molecule has 1 amide bonds. The fourth-order valence-corrected chi connectivity index (χ4v) is 9.04. The van der Waals surface area contributed by atoms with Gasteiger partial charge in [0.25, 0.3) is 5.91 Å². The summed E-state index contributed by atoms with van der Waals surface area (Å²) in [4.78, 5) is 26.2. The number of esters is 1. The van der Waals surface area contributed by atoms with Gasteiger partial charge in [-0.25, -0.2) is 4.79 Å².